The molecule has 0 bridgehead atoms. The third-order valence-corrected chi connectivity index (χ3v) is 3.17. The van der Waals surface area contributed by atoms with Crippen LogP contribution in [0.2, 0.25) is 0 Å². The number of carbonyl (C=O) groups is 2. The van der Waals surface area contributed by atoms with E-state index in [4.69, 9.17) is 0 Å². The molecule has 112 valence electrons. The standard InChI is InChI=1S/C13H22N4O3/c1-5-17(13(3,4)11(18)19)12(20)15-10(2)8-16-7-6-14-9-16/h6-7,9-10H,5,8H2,1-4H3,(H,15,20)(H,18,19). The van der Waals surface area contributed by atoms with Gasteiger partial charge in [-0.15, -0.1) is 0 Å². The number of imidazole rings is 1. The predicted octanol–water partition coefficient (Wildman–Crippen LogP) is 1.17. The summed E-state index contributed by atoms with van der Waals surface area (Å²) in [6, 6.07) is -0.511. The molecule has 20 heavy (non-hydrogen) atoms. The Hall–Kier alpha value is -2.05. The van der Waals surface area contributed by atoms with E-state index < -0.39 is 11.5 Å². The summed E-state index contributed by atoms with van der Waals surface area (Å²) in [6.45, 7) is 7.54. The molecule has 0 radical (unpaired) electrons. The second-order valence-corrected chi connectivity index (χ2v) is 5.22. The van der Waals surface area contributed by atoms with Crippen molar-refractivity contribution in [1.29, 1.82) is 0 Å². The summed E-state index contributed by atoms with van der Waals surface area (Å²) in [7, 11) is 0. The SMILES string of the molecule is CCN(C(=O)NC(C)Cn1ccnc1)C(C)(C)C(=O)O. The molecule has 1 atom stereocenters. The lowest BCUT2D eigenvalue weighted by Gasteiger charge is -2.35. The zero-order valence-corrected chi connectivity index (χ0v) is 12.3. The molecule has 1 heterocycles. The third kappa shape index (κ3) is 3.72. The van der Waals surface area contributed by atoms with Crippen LogP contribution in [0.1, 0.15) is 27.7 Å². The first-order chi connectivity index (χ1) is 9.28. The van der Waals surface area contributed by atoms with Gasteiger partial charge in [0.1, 0.15) is 5.54 Å². The molecule has 1 aromatic heterocycles. The Morgan fingerprint density at radius 3 is 2.60 bits per heavy atom. The van der Waals surface area contributed by atoms with Gasteiger partial charge in [-0.1, -0.05) is 0 Å². The summed E-state index contributed by atoms with van der Waals surface area (Å²) in [5, 5.41) is 12.0. The maximum absolute atomic E-state index is 12.2. The fourth-order valence-corrected chi connectivity index (χ4v) is 1.95. The highest BCUT2D eigenvalue weighted by molar-refractivity contribution is 5.85. The highest BCUT2D eigenvalue weighted by Crippen LogP contribution is 2.14. The molecule has 0 aromatic carbocycles. The van der Waals surface area contributed by atoms with Crippen LogP contribution in [0.25, 0.3) is 0 Å². The molecule has 1 rings (SSSR count). The fraction of sp³-hybridized carbons (Fsp3) is 0.615. The van der Waals surface area contributed by atoms with Crippen molar-refractivity contribution in [1.82, 2.24) is 19.8 Å². The number of carboxylic acid groups (broad SMARTS) is 1. The van der Waals surface area contributed by atoms with Crippen molar-refractivity contribution in [2.45, 2.75) is 45.8 Å². The lowest BCUT2D eigenvalue weighted by molar-refractivity contribution is -0.147. The number of amides is 2. The molecular weight excluding hydrogens is 260 g/mol. The average molecular weight is 282 g/mol. The van der Waals surface area contributed by atoms with Gasteiger partial charge in [-0.25, -0.2) is 14.6 Å². The predicted molar refractivity (Wildman–Crippen MR) is 74.3 cm³/mol. The minimum absolute atomic E-state index is 0.129. The number of carbonyl (C=O) groups excluding carboxylic acids is 1. The van der Waals surface area contributed by atoms with Gasteiger partial charge in [-0.3, -0.25) is 0 Å². The number of nitrogens with one attached hydrogen (secondary N) is 1. The minimum atomic E-state index is -1.24. The Balaban J connectivity index is 2.66. The van der Waals surface area contributed by atoms with Crippen LogP contribution < -0.4 is 5.32 Å². The van der Waals surface area contributed by atoms with Gasteiger partial charge in [0.15, 0.2) is 0 Å². The van der Waals surface area contributed by atoms with E-state index in [0.29, 0.717) is 13.1 Å². The number of aliphatic carboxylic acids is 1. The molecule has 7 heteroatoms. The second kappa shape index (κ2) is 6.40. The van der Waals surface area contributed by atoms with E-state index >= 15 is 0 Å². The van der Waals surface area contributed by atoms with E-state index in [2.05, 4.69) is 10.3 Å². The average Bonchev–Trinajstić information content (AvgIpc) is 2.81. The molecule has 0 saturated heterocycles. The molecule has 0 aliphatic carbocycles. The number of nitrogens with zero attached hydrogens (tertiary/aromatic N) is 3. The number of rotatable bonds is 6. The van der Waals surface area contributed by atoms with Crippen LogP contribution in [0, 0.1) is 0 Å². The minimum Gasteiger partial charge on any atom is -0.480 e. The zero-order valence-electron chi connectivity index (χ0n) is 12.3. The number of hydrogen-bond acceptors (Lipinski definition) is 3. The largest absolute Gasteiger partial charge is 0.480 e. The van der Waals surface area contributed by atoms with Crippen LogP contribution in [0.4, 0.5) is 4.79 Å². The summed E-state index contributed by atoms with van der Waals surface area (Å²) in [4.78, 5) is 28.7. The molecule has 0 aliphatic heterocycles. The van der Waals surface area contributed by atoms with Gasteiger partial charge in [-0.2, -0.15) is 0 Å². The number of hydrogen-bond donors (Lipinski definition) is 2. The van der Waals surface area contributed by atoms with E-state index in [-0.39, 0.29) is 12.1 Å². The fourth-order valence-electron chi connectivity index (χ4n) is 1.95. The molecule has 2 N–H and O–H groups in total. The van der Waals surface area contributed by atoms with Crippen LogP contribution in [0.5, 0.6) is 0 Å². The second-order valence-electron chi connectivity index (χ2n) is 5.22. The smallest absolute Gasteiger partial charge is 0.329 e. The first-order valence-electron chi connectivity index (χ1n) is 6.56. The summed E-state index contributed by atoms with van der Waals surface area (Å²) in [6.07, 6.45) is 5.14. The maximum atomic E-state index is 12.2. The van der Waals surface area contributed by atoms with Gasteiger partial charge in [0.25, 0.3) is 0 Å². The summed E-state index contributed by atoms with van der Waals surface area (Å²) < 4.78 is 1.85. The number of carboxylic acids is 1. The van der Waals surface area contributed by atoms with E-state index in [9.17, 15) is 14.7 Å². The number of urea groups is 1. The van der Waals surface area contributed by atoms with Crippen molar-refractivity contribution in [3.63, 3.8) is 0 Å². The van der Waals surface area contributed by atoms with Crippen molar-refractivity contribution < 1.29 is 14.7 Å². The van der Waals surface area contributed by atoms with Gasteiger partial charge < -0.3 is 19.9 Å². The summed E-state index contributed by atoms with van der Waals surface area (Å²) in [5.74, 6) is -1.03. The van der Waals surface area contributed by atoms with Gasteiger partial charge in [0, 0.05) is 31.5 Å². The van der Waals surface area contributed by atoms with Crippen molar-refractivity contribution in [3.8, 4) is 0 Å². The van der Waals surface area contributed by atoms with Crippen molar-refractivity contribution in [3.05, 3.63) is 18.7 Å². The van der Waals surface area contributed by atoms with Crippen molar-refractivity contribution in [2.24, 2.45) is 0 Å². The lowest BCUT2D eigenvalue weighted by Crippen LogP contribution is -2.57. The highest BCUT2D eigenvalue weighted by atomic mass is 16.4. The van der Waals surface area contributed by atoms with Gasteiger partial charge in [-0.05, 0) is 27.7 Å². The molecule has 7 nitrogen and oxygen atoms in total. The topological polar surface area (TPSA) is 87.5 Å². The van der Waals surface area contributed by atoms with Gasteiger partial charge in [0.05, 0.1) is 6.33 Å². The van der Waals surface area contributed by atoms with Crippen LogP contribution in [-0.2, 0) is 11.3 Å². The Morgan fingerprint density at radius 2 is 2.15 bits per heavy atom. The molecular formula is C13H22N4O3. The maximum Gasteiger partial charge on any atom is 0.329 e. The summed E-state index contributed by atoms with van der Waals surface area (Å²) >= 11 is 0. The molecule has 1 aromatic rings. The Morgan fingerprint density at radius 1 is 1.50 bits per heavy atom. The Kier molecular flexibility index (Phi) is 5.12. The van der Waals surface area contributed by atoms with Crippen LogP contribution in [0.15, 0.2) is 18.7 Å². The van der Waals surface area contributed by atoms with E-state index in [1.165, 1.54) is 18.7 Å². The van der Waals surface area contributed by atoms with Crippen molar-refractivity contribution >= 4 is 12.0 Å². The first kappa shape index (κ1) is 16.0. The monoisotopic (exact) mass is 282 g/mol. The zero-order chi connectivity index (χ0) is 15.3. The molecule has 0 spiro atoms. The van der Waals surface area contributed by atoms with Gasteiger partial charge >= 0.3 is 12.0 Å². The van der Waals surface area contributed by atoms with Crippen LogP contribution in [-0.4, -0.2) is 49.7 Å². The molecule has 0 fully saturated rings. The van der Waals surface area contributed by atoms with Crippen LogP contribution >= 0.6 is 0 Å². The molecule has 0 aliphatic rings. The Bertz CT molecular complexity index is 456. The molecule has 1 unspecified atom stereocenters. The number of likely N-dealkylation sites (N-methyl/N-ethyl adjacent to an activating group) is 1. The quantitative estimate of drug-likeness (QED) is 0.819. The van der Waals surface area contributed by atoms with E-state index in [1.54, 1.807) is 25.6 Å². The molecule has 2 amide bonds. The first-order valence-corrected chi connectivity index (χ1v) is 6.56. The van der Waals surface area contributed by atoms with E-state index in [0.717, 1.165) is 0 Å². The third-order valence-electron chi connectivity index (χ3n) is 3.17. The highest BCUT2D eigenvalue weighted by Gasteiger charge is 2.37. The summed E-state index contributed by atoms with van der Waals surface area (Å²) in [5.41, 5.74) is -1.24. The number of aromatic nitrogens is 2. The Labute approximate surface area is 118 Å². The van der Waals surface area contributed by atoms with Crippen LogP contribution in [0.3, 0.4) is 0 Å². The van der Waals surface area contributed by atoms with E-state index in [1.807, 2.05) is 11.5 Å². The lowest BCUT2D eigenvalue weighted by atomic mass is 10.0. The molecule has 0 saturated carbocycles. The normalized spacial score (nSPS) is 12.8. The van der Waals surface area contributed by atoms with Gasteiger partial charge in [0.2, 0.25) is 0 Å². The van der Waals surface area contributed by atoms with Crippen molar-refractivity contribution in [2.75, 3.05) is 6.54 Å².